The van der Waals surface area contributed by atoms with Crippen molar-refractivity contribution in [2.75, 3.05) is 11.9 Å². The first-order valence-electron chi connectivity index (χ1n) is 8.46. The molecule has 1 amide bonds. The summed E-state index contributed by atoms with van der Waals surface area (Å²) in [6, 6.07) is 5.90. The predicted molar refractivity (Wildman–Crippen MR) is 103 cm³/mol. The zero-order valence-corrected chi connectivity index (χ0v) is 16.3. The number of carbonyl (C=O) groups excluding carboxylic acids is 2. The number of nitrogens with one attached hydrogen (secondary N) is 1. The second-order valence-electron chi connectivity index (χ2n) is 6.34. The number of rotatable bonds is 6. The Bertz CT molecular complexity index is 769. The highest BCUT2D eigenvalue weighted by Crippen LogP contribution is 2.24. The molecule has 0 atom stereocenters. The standard InChI is InChI=1S/C20H25NO3S/c1-6-7-16-10-17(25-15(16)5)20(23)24-11-18(22)21-19-13(3)8-12(2)9-14(19)4/h8-10H,6-7,11H2,1-5H3,(H,21,22). The van der Waals surface area contributed by atoms with E-state index in [1.54, 1.807) is 0 Å². The van der Waals surface area contributed by atoms with Gasteiger partial charge in [-0.25, -0.2) is 4.79 Å². The SMILES string of the molecule is CCCc1cc(C(=O)OCC(=O)Nc2c(C)cc(C)cc2C)sc1C. The third-order valence-corrected chi connectivity index (χ3v) is 5.09. The lowest BCUT2D eigenvalue weighted by molar-refractivity contribution is -0.119. The van der Waals surface area contributed by atoms with E-state index in [0.717, 1.165) is 40.1 Å². The summed E-state index contributed by atoms with van der Waals surface area (Å²) in [6.45, 7) is 9.74. The second kappa shape index (κ2) is 8.30. The smallest absolute Gasteiger partial charge is 0.348 e. The van der Waals surface area contributed by atoms with Crippen LogP contribution in [0.3, 0.4) is 0 Å². The Balaban J connectivity index is 1.96. The van der Waals surface area contributed by atoms with E-state index in [2.05, 4.69) is 12.2 Å². The van der Waals surface area contributed by atoms with Gasteiger partial charge in [0.15, 0.2) is 6.61 Å². The molecule has 0 spiro atoms. The highest BCUT2D eigenvalue weighted by Gasteiger charge is 2.16. The van der Waals surface area contributed by atoms with Gasteiger partial charge in [0.2, 0.25) is 0 Å². The molecule has 0 fully saturated rings. The van der Waals surface area contributed by atoms with Crippen LogP contribution >= 0.6 is 11.3 Å². The van der Waals surface area contributed by atoms with E-state index in [4.69, 9.17) is 4.74 Å². The fourth-order valence-electron chi connectivity index (χ4n) is 2.89. The van der Waals surface area contributed by atoms with Crippen LogP contribution in [0.2, 0.25) is 0 Å². The molecule has 5 heteroatoms. The van der Waals surface area contributed by atoms with E-state index in [1.807, 2.05) is 45.9 Å². The van der Waals surface area contributed by atoms with E-state index < -0.39 is 5.97 Å². The summed E-state index contributed by atoms with van der Waals surface area (Å²) in [5.74, 6) is -0.770. The molecular formula is C20H25NO3S. The van der Waals surface area contributed by atoms with Gasteiger partial charge in [-0.1, -0.05) is 31.0 Å². The van der Waals surface area contributed by atoms with Crippen LogP contribution in [0, 0.1) is 27.7 Å². The second-order valence-corrected chi connectivity index (χ2v) is 7.60. The quantitative estimate of drug-likeness (QED) is 0.759. The average molecular weight is 359 g/mol. The third kappa shape index (κ3) is 4.92. The Morgan fingerprint density at radius 3 is 2.32 bits per heavy atom. The van der Waals surface area contributed by atoms with Crippen molar-refractivity contribution in [1.29, 1.82) is 0 Å². The number of ether oxygens (including phenoxy) is 1. The van der Waals surface area contributed by atoms with Crippen LogP contribution in [0.5, 0.6) is 0 Å². The molecule has 0 aliphatic carbocycles. The lowest BCUT2D eigenvalue weighted by atomic mass is 10.1. The van der Waals surface area contributed by atoms with Crippen molar-refractivity contribution in [3.05, 3.63) is 50.2 Å². The maximum atomic E-state index is 12.2. The minimum Gasteiger partial charge on any atom is -0.451 e. The molecule has 0 saturated carbocycles. The molecule has 4 nitrogen and oxygen atoms in total. The number of anilines is 1. The molecule has 2 aromatic rings. The summed E-state index contributed by atoms with van der Waals surface area (Å²) in [5, 5.41) is 2.84. The highest BCUT2D eigenvalue weighted by atomic mass is 32.1. The van der Waals surface area contributed by atoms with Gasteiger partial charge in [0.1, 0.15) is 4.88 Å². The minimum atomic E-state index is -0.442. The molecule has 0 unspecified atom stereocenters. The molecule has 1 heterocycles. The molecule has 0 saturated heterocycles. The van der Waals surface area contributed by atoms with E-state index in [1.165, 1.54) is 16.9 Å². The minimum absolute atomic E-state index is 0.286. The number of aryl methyl sites for hydroxylation is 5. The Labute approximate surface area is 153 Å². The summed E-state index contributed by atoms with van der Waals surface area (Å²) >= 11 is 1.42. The van der Waals surface area contributed by atoms with Crippen molar-refractivity contribution in [2.24, 2.45) is 0 Å². The van der Waals surface area contributed by atoms with E-state index in [9.17, 15) is 9.59 Å². The fraction of sp³-hybridized carbons (Fsp3) is 0.400. The Hall–Kier alpha value is -2.14. The first-order valence-corrected chi connectivity index (χ1v) is 9.27. The lowest BCUT2D eigenvalue weighted by Gasteiger charge is -2.12. The number of esters is 1. The predicted octanol–water partition coefficient (Wildman–Crippen LogP) is 4.73. The molecule has 1 aromatic heterocycles. The summed E-state index contributed by atoms with van der Waals surface area (Å²) in [5.41, 5.74) is 5.10. The van der Waals surface area contributed by atoms with Crippen LogP contribution in [-0.4, -0.2) is 18.5 Å². The van der Waals surface area contributed by atoms with Gasteiger partial charge < -0.3 is 10.1 Å². The van der Waals surface area contributed by atoms with Gasteiger partial charge in [-0.15, -0.1) is 11.3 Å². The first-order chi connectivity index (χ1) is 11.8. The summed E-state index contributed by atoms with van der Waals surface area (Å²) < 4.78 is 5.17. The maximum absolute atomic E-state index is 12.2. The van der Waals surface area contributed by atoms with Crippen LogP contribution in [0.4, 0.5) is 5.69 Å². The van der Waals surface area contributed by atoms with Gasteiger partial charge >= 0.3 is 5.97 Å². The zero-order chi connectivity index (χ0) is 18.6. The highest BCUT2D eigenvalue weighted by molar-refractivity contribution is 7.14. The van der Waals surface area contributed by atoms with Gasteiger partial charge in [0.25, 0.3) is 5.91 Å². The average Bonchev–Trinajstić information content (AvgIpc) is 2.90. The number of thiophene rings is 1. The van der Waals surface area contributed by atoms with Crippen LogP contribution in [-0.2, 0) is 16.0 Å². The molecule has 1 N–H and O–H groups in total. The largest absolute Gasteiger partial charge is 0.451 e. The van der Waals surface area contributed by atoms with Gasteiger partial charge in [0.05, 0.1) is 0 Å². The molecule has 0 aliphatic heterocycles. The molecule has 0 radical (unpaired) electrons. The number of hydrogen-bond acceptors (Lipinski definition) is 4. The van der Waals surface area contributed by atoms with Crippen LogP contribution < -0.4 is 5.32 Å². The Kier molecular flexibility index (Phi) is 6.37. The number of amides is 1. The van der Waals surface area contributed by atoms with Crippen molar-refractivity contribution < 1.29 is 14.3 Å². The molecule has 1 aromatic carbocycles. The number of carbonyl (C=O) groups is 2. The first kappa shape index (κ1) is 19.2. The van der Waals surface area contributed by atoms with Gasteiger partial charge in [0, 0.05) is 10.6 Å². The molecule has 2 rings (SSSR count). The Morgan fingerprint density at radius 1 is 1.08 bits per heavy atom. The Morgan fingerprint density at radius 2 is 1.72 bits per heavy atom. The van der Waals surface area contributed by atoms with Gasteiger partial charge in [-0.05, 0) is 56.9 Å². The molecular weight excluding hydrogens is 334 g/mol. The monoisotopic (exact) mass is 359 g/mol. The van der Waals surface area contributed by atoms with Crippen LogP contribution in [0.1, 0.15) is 50.1 Å². The topological polar surface area (TPSA) is 55.4 Å². The van der Waals surface area contributed by atoms with Crippen molar-refractivity contribution in [3.8, 4) is 0 Å². The maximum Gasteiger partial charge on any atom is 0.348 e. The van der Waals surface area contributed by atoms with E-state index in [0.29, 0.717) is 4.88 Å². The van der Waals surface area contributed by atoms with Gasteiger partial charge in [-0.2, -0.15) is 0 Å². The summed E-state index contributed by atoms with van der Waals surface area (Å²) in [6.07, 6.45) is 1.98. The van der Waals surface area contributed by atoms with E-state index in [-0.39, 0.29) is 12.5 Å². The summed E-state index contributed by atoms with van der Waals surface area (Å²) in [4.78, 5) is 26.0. The molecule has 134 valence electrons. The van der Waals surface area contributed by atoms with Gasteiger partial charge in [-0.3, -0.25) is 4.79 Å². The van der Waals surface area contributed by atoms with Crippen LogP contribution in [0.15, 0.2) is 18.2 Å². The van der Waals surface area contributed by atoms with Crippen molar-refractivity contribution in [3.63, 3.8) is 0 Å². The molecule has 25 heavy (non-hydrogen) atoms. The van der Waals surface area contributed by atoms with Crippen molar-refractivity contribution in [1.82, 2.24) is 0 Å². The number of benzene rings is 1. The fourth-order valence-corrected chi connectivity index (χ4v) is 3.86. The van der Waals surface area contributed by atoms with E-state index >= 15 is 0 Å². The lowest BCUT2D eigenvalue weighted by Crippen LogP contribution is -2.21. The summed E-state index contributed by atoms with van der Waals surface area (Å²) in [7, 11) is 0. The molecule has 0 bridgehead atoms. The van der Waals surface area contributed by atoms with Crippen molar-refractivity contribution >= 4 is 28.9 Å². The molecule has 0 aliphatic rings. The normalized spacial score (nSPS) is 10.6. The number of hydrogen-bond donors (Lipinski definition) is 1. The third-order valence-electron chi connectivity index (χ3n) is 4.02. The zero-order valence-electron chi connectivity index (χ0n) is 15.5. The van der Waals surface area contributed by atoms with Crippen LogP contribution in [0.25, 0.3) is 0 Å². The van der Waals surface area contributed by atoms with Crippen molar-refractivity contribution in [2.45, 2.75) is 47.5 Å².